The molecule has 1 unspecified atom stereocenters. The van der Waals surface area contributed by atoms with Gasteiger partial charge in [0.2, 0.25) is 5.91 Å². The SMILES string of the molecule is CCC(C)C(=O)NCN(C)CC. The van der Waals surface area contributed by atoms with Crippen molar-refractivity contribution in [1.82, 2.24) is 10.2 Å². The molecule has 0 aliphatic carbocycles. The Bertz CT molecular complexity index is 136. The van der Waals surface area contributed by atoms with Gasteiger partial charge in [0.1, 0.15) is 0 Å². The van der Waals surface area contributed by atoms with Crippen molar-refractivity contribution in [3.63, 3.8) is 0 Å². The molecule has 0 bridgehead atoms. The number of carbonyl (C=O) groups excluding carboxylic acids is 1. The van der Waals surface area contributed by atoms with Gasteiger partial charge in [-0.3, -0.25) is 9.69 Å². The molecule has 0 saturated carbocycles. The first-order valence-corrected chi connectivity index (χ1v) is 4.58. The van der Waals surface area contributed by atoms with Crippen LogP contribution in [0.3, 0.4) is 0 Å². The highest BCUT2D eigenvalue weighted by Crippen LogP contribution is 1.98. The zero-order valence-corrected chi connectivity index (χ0v) is 8.55. The van der Waals surface area contributed by atoms with Crippen LogP contribution >= 0.6 is 0 Å². The third-order valence-electron chi connectivity index (χ3n) is 2.12. The Morgan fingerprint density at radius 2 is 2.08 bits per heavy atom. The average molecular weight is 172 g/mol. The summed E-state index contributed by atoms with van der Waals surface area (Å²) in [4.78, 5) is 13.3. The first kappa shape index (κ1) is 11.4. The van der Waals surface area contributed by atoms with Gasteiger partial charge in [-0.25, -0.2) is 0 Å². The van der Waals surface area contributed by atoms with Crippen molar-refractivity contribution in [1.29, 1.82) is 0 Å². The summed E-state index contributed by atoms with van der Waals surface area (Å²) in [5.41, 5.74) is 0. The molecule has 0 spiro atoms. The maximum atomic E-state index is 11.3. The molecule has 1 atom stereocenters. The van der Waals surface area contributed by atoms with Crippen molar-refractivity contribution >= 4 is 5.91 Å². The standard InChI is InChI=1S/C9H20N2O/c1-5-8(3)9(12)10-7-11(4)6-2/h8H,5-7H2,1-4H3,(H,10,12). The Morgan fingerprint density at radius 3 is 2.50 bits per heavy atom. The van der Waals surface area contributed by atoms with E-state index in [0.29, 0.717) is 6.67 Å². The van der Waals surface area contributed by atoms with E-state index in [4.69, 9.17) is 0 Å². The third kappa shape index (κ3) is 4.34. The predicted molar refractivity (Wildman–Crippen MR) is 50.8 cm³/mol. The maximum Gasteiger partial charge on any atom is 0.223 e. The van der Waals surface area contributed by atoms with Crippen molar-refractivity contribution in [2.45, 2.75) is 27.2 Å². The summed E-state index contributed by atoms with van der Waals surface area (Å²) in [7, 11) is 1.98. The van der Waals surface area contributed by atoms with Crippen LogP contribution in [0.25, 0.3) is 0 Å². The zero-order chi connectivity index (χ0) is 9.56. The summed E-state index contributed by atoms with van der Waals surface area (Å²) < 4.78 is 0. The van der Waals surface area contributed by atoms with Crippen molar-refractivity contribution in [2.75, 3.05) is 20.3 Å². The van der Waals surface area contributed by atoms with Gasteiger partial charge in [0, 0.05) is 5.92 Å². The van der Waals surface area contributed by atoms with E-state index >= 15 is 0 Å². The van der Waals surface area contributed by atoms with Gasteiger partial charge in [-0.05, 0) is 20.0 Å². The van der Waals surface area contributed by atoms with Crippen molar-refractivity contribution in [3.05, 3.63) is 0 Å². The lowest BCUT2D eigenvalue weighted by Crippen LogP contribution is -2.37. The van der Waals surface area contributed by atoms with Gasteiger partial charge in [-0.15, -0.1) is 0 Å². The zero-order valence-electron chi connectivity index (χ0n) is 8.55. The summed E-state index contributed by atoms with van der Waals surface area (Å²) in [6.45, 7) is 7.64. The van der Waals surface area contributed by atoms with Crippen molar-refractivity contribution < 1.29 is 4.79 Å². The third-order valence-corrected chi connectivity index (χ3v) is 2.12. The molecule has 0 aromatic rings. The number of amides is 1. The van der Waals surface area contributed by atoms with Crippen LogP contribution in [0.2, 0.25) is 0 Å². The largest absolute Gasteiger partial charge is 0.343 e. The minimum absolute atomic E-state index is 0.134. The summed E-state index contributed by atoms with van der Waals surface area (Å²) in [5.74, 6) is 0.285. The van der Waals surface area contributed by atoms with Crippen LogP contribution in [-0.2, 0) is 4.79 Å². The van der Waals surface area contributed by atoms with Crippen LogP contribution in [0.4, 0.5) is 0 Å². The normalized spacial score (nSPS) is 13.1. The number of carbonyl (C=O) groups is 1. The van der Waals surface area contributed by atoms with Gasteiger partial charge in [0.25, 0.3) is 0 Å². The lowest BCUT2D eigenvalue weighted by atomic mass is 10.1. The van der Waals surface area contributed by atoms with Crippen LogP contribution in [-0.4, -0.2) is 31.1 Å². The van der Waals surface area contributed by atoms with Crippen LogP contribution in [0.1, 0.15) is 27.2 Å². The molecule has 0 aliphatic rings. The van der Waals surface area contributed by atoms with Gasteiger partial charge >= 0.3 is 0 Å². The Morgan fingerprint density at radius 1 is 1.50 bits per heavy atom. The van der Waals surface area contributed by atoms with Crippen molar-refractivity contribution in [3.8, 4) is 0 Å². The van der Waals surface area contributed by atoms with Crippen LogP contribution in [0, 0.1) is 5.92 Å². The lowest BCUT2D eigenvalue weighted by Gasteiger charge is -2.16. The Labute approximate surface area is 75.1 Å². The van der Waals surface area contributed by atoms with Crippen LogP contribution < -0.4 is 5.32 Å². The quantitative estimate of drug-likeness (QED) is 0.629. The van der Waals surface area contributed by atoms with E-state index in [1.54, 1.807) is 0 Å². The Hall–Kier alpha value is -0.570. The van der Waals surface area contributed by atoms with E-state index in [2.05, 4.69) is 17.1 Å². The molecule has 0 fully saturated rings. The summed E-state index contributed by atoms with van der Waals surface area (Å²) >= 11 is 0. The second kappa shape index (κ2) is 6.00. The fraction of sp³-hybridized carbons (Fsp3) is 0.889. The molecule has 0 radical (unpaired) electrons. The van der Waals surface area contributed by atoms with Gasteiger partial charge in [0.15, 0.2) is 0 Å². The Balaban J connectivity index is 3.56. The minimum atomic E-state index is 0.134. The molecule has 0 saturated heterocycles. The van der Waals surface area contributed by atoms with Gasteiger partial charge in [-0.2, -0.15) is 0 Å². The van der Waals surface area contributed by atoms with E-state index in [9.17, 15) is 4.79 Å². The van der Waals surface area contributed by atoms with Gasteiger partial charge in [-0.1, -0.05) is 20.8 Å². The average Bonchev–Trinajstić information content (AvgIpc) is 2.11. The summed E-state index contributed by atoms with van der Waals surface area (Å²) in [6, 6.07) is 0. The van der Waals surface area contributed by atoms with E-state index in [1.807, 2.05) is 20.9 Å². The van der Waals surface area contributed by atoms with Crippen LogP contribution in [0.5, 0.6) is 0 Å². The molecule has 0 rings (SSSR count). The highest BCUT2D eigenvalue weighted by Gasteiger charge is 2.09. The molecule has 3 nitrogen and oxygen atoms in total. The second-order valence-electron chi connectivity index (χ2n) is 3.18. The summed E-state index contributed by atoms with van der Waals surface area (Å²) in [5, 5.41) is 2.87. The van der Waals surface area contributed by atoms with E-state index < -0.39 is 0 Å². The predicted octanol–water partition coefficient (Wildman–Crippen LogP) is 1.06. The molecule has 1 N–H and O–H groups in total. The topological polar surface area (TPSA) is 32.3 Å². The first-order chi connectivity index (χ1) is 5.61. The highest BCUT2D eigenvalue weighted by atomic mass is 16.1. The molecular formula is C9H20N2O. The molecular weight excluding hydrogens is 152 g/mol. The van der Waals surface area contributed by atoms with Gasteiger partial charge < -0.3 is 5.32 Å². The molecule has 1 amide bonds. The maximum absolute atomic E-state index is 11.3. The Kier molecular flexibility index (Phi) is 5.72. The molecule has 0 aliphatic heterocycles. The number of rotatable bonds is 5. The molecule has 12 heavy (non-hydrogen) atoms. The molecule has 72 valence electrons. The molecule has 0 aromatic heterocycles. The summed E-state index contributed by atoms with van der Waals surface area (Å²) in [6.07, 6.45) is 0.904. The molecule has 3 heteroatoms. The molecule has 0 aromatic carbocycles. The fourth-order valence-electron chi connectivity index (χ4n) is 0.684. The first-order valence-electron chi connectivity index (χ1n) is 4.58. The number of nitrogens with zero attached hydrogens (tertiary/aromatic N) is 1. The highest BCUT2D eigenvalue weighted by molar-refractivity contribution is 5.78. The lowest BCUT2D eigenvalue weighted by molar-refractivity contribution is -0.125. The van der Waals surface area contributed by atoms with Crippen LogP contribution in [0.15, 0.2) is 0 Å². The smallest absolute Gasteiger partial charge is 0.223 e. The number of nitrogens with one attached hydrogen (secondary N) is 1. The van der Waals surface area contributed by atoms with E-state index in [-0.39, 0.29) is 11.8 Å². The number of hydrogen-bond donors (Lipinski definition) is 1. The van der Waals surface area contributed by atoms with E-state index in [1.165, 1.54) is 0 Å². The fourth-order valence-corrected chi connectivity index (χ4v) is 0.684. The second-order valence-corrected chi connectivity index (χ2v) is 3.18. The van der Waals surface area contributed by atoms with E-state index in [0.717, 1.165) is 13.0 Å². The minimum Gasteiger partial charge on any atom is -0.343 e. The molecule has 0 heterocycles. The van der Waals surface area contributed by atoms with Gasteiger partial charge in [0.05, 0.1) is 6.67 Å². The number of hydrogen-bond acceptors (Lipinski definition) is 2. The van der Waals surface area contributed by atoms with Crippen molar-refractivity contribution in [2.24, 2.45) is 5.92 Å². The monoisotopic (exact) mass is 172 g/mol.